The maximum atomic E-state index is 12.3. The molecule has 0 unspecified atom stereocenters. The summed E-state index contributed by atoms with van der Waals surface area (Å²) in [5.41, 5.74) is 1.92. The van der Waals surface area contributed by atoms with E-state index >= 15 is 0 Å². The Labute approximate surface area is 156 Å². The molecule has 0 spiro atoms. The first kappa shape index (κ1) is 17.0. The standard InChI is InChI=1S/C19H20N6O2/c26-17(16-13-25-10-4-7-20-18(25)23-16)21-12-14-5-3-6-15(11-14)22-19(27)24-8-1-2-9-24/h3-7,10-11,13H,1-2,8-9,12H2,(H,21,26)(H,22,27). The molecule has 0 atom stereocenters. The summed E-state index contributed by atoms with van der Waals surface area (Å²) in [6, 6.07) is 9.16. The molecule has 138 valence electrons. The summed E-state index contributed by atoms with van der Waals surface area (Å²) >= 11 is 0. The lowest BCUT2D eigenvalue weighted by Crippen LogP contribution is -2.32. The van der Waals surface area contributed by atoms with Crippen LogP contribution in [0, 0.1) is 0 Å². The fourth-order valence-corrected chi connectivity index (χ4v) is 3.09. The molecule has 0 radical (unpaired) electrons. The van der Waals surface area contributed by atoms with Gasteiger partial charge < -0.3 is 15.5 Å². The molecule has 0 saturated carbocycles. The number of nitrogens with zero attached hydrogens (tertiary/aromatic N) is 4. The zero-order chi connectivity index (χ0) is 18.6. The second-order valence-electron chi connectivity index (χ2n) is 6.46. The van der Waals surface area contributed by atoms with Crippen LogP contribution in [0.2, 0.25) is 0 Å². The lowest BCUT2D eigenvalue weighted by molar-refractivity contribution is 0.0946. The van der Waals surface area contributed by atoms with Crippen LogP contribution < -0.4 is 10.6 Å². The van der Waals surface area contributed by atoms with E-state index in [9.17, 15) is 9.59 Å². The molecule has 2 aromatic heterocycles. The van der Waals surface area contributed by atoms with Gasteiger partial charge in [-0.3, -0.25) is 9.20 Å². The lowest BCUT2D eigenvalue weighted by atomic mass is 10.2. The molecule has 1 aliphatic rings. The zero-order valence-corrected chi connectivity index (χ0v) is 14.8. The van der Waals surface area contributed by atoms with Gasteiger partial charge in [-0.25, -0.2) is 14.8 Å². The van der Waals surface area contributed by atoms with Gasteiger partial charge in [0.1, 0.15) is 5.69 Å². The van der Waals surface area contributed by atoms with Gasteiger partial charge in [-0.1, -0.05) is 12.1 Å². The topological polar surface area (TPSA) is 91.6 Å². The second kappa shape index (κ2) is 7.45. The number of fused-ring (bicyclic) bond motifs is 1. The van der Waals surface area contributed by atoms with Crippen LogP contribution in [-0.2, 0) is 6.54 Å². The normalized spacial score (nSPS) is 13.7. The molecule has 0 bridgehead atoms. The molecule has 0 aliphatic carbocycles. The van der Waals surface area contributed by atoms with Crippen LogP contribution in [0.5, 0.6) is 0 Å². The van der Waals surface area contributed by atoms with Crippen molar-refractivity contribution in [3.63, 3.8) is 0 Å². The smallest absolute Gasteiger partial charge is 0.321 e. The van der Waals surface area contributed by atoms with Crippen LogP contribution >= 0.6 is 0 Å². The summed E-state index contributed by atoms with van der Waals surface area (Å²) in [6.07, 6.45) is 7.17. The van der Waals surface area contributed by atoms with Crippen LogP contribution in [0.4, 0.5) is 10.5 Å². The fourth-order valence-electron chi connectivity index (χ4n) is 3.09. The second-order valence-corrected chi connectivity index (χ2v) is 6.46. The van der Waals surface area contributed by atoms with Crippen LogP contribution in [0.3, 0.4) is 0 Å². The number of hydrogen-bond acceptors (Lipinski definition) is 4. The number of likely N-dealkylation sites (tertiary alicyclic amines) is 1. The van der Waals surface area contributed by atoms with Crippen molar-refractivity contribution in [2.45, 2.75) is 19.4 Å². The number of rotatable bonds is 4. The highest BCUT2D eigenvalue weighted by molar-refractivity contribution is 5.92. The number of nitrogens with one attached hydrogen (secondary N) is 2. The quantitative estimate of drug-likeness (QED) is 0.743. The summed E-state index contributed by atoms with van der Waals surface area (Å²) in [6.45, 7) is 1.94. The first-order valence-electron chi connectivity index (χ1n) is 8.92. The molecular weight excluding hydrogens is 344 g/mol. The van der Waals surface area contributed by atoms with Crippen LogP contribution in [-0.4, -0.2) is 44.3 Å². The van der Waals surface area contributed by atoms with E-state index in [1.54, 1.807) is 29.1 Å². The third-order valence-corrected chi connectivity index (χ3v) is 4.49. The predicted octanol–water partition coefficient (Wildman–Crippen LogP) is 2.29. The molecule has 2 N–H and O–H groups in total. The molecule has 3 amide bonds. The number of carbonyl (C=O) groups is 2. The molecule has 8 heteroatoms. The Morgan fingerprint density at radius 1 is 1.15 bits per heavy atom. The highest BCUT2D eigenvalue weighted by Crippen LogP contribution is 2.14. The van der Waals surface area contributed by atoms with Gasteiger partial charge in [0.05, 0.1) is 0 Å². The molecule has 3 aromatic rings. The highest BCUT2D eigenvalue weighted by atomic mass is 16.2. The van der Waals surface area contributed by atoms with Crippen molar-refractivity contribution in [2.75, 3.05) is 18.4 Å². The Morgan fingerprint density at radius 2 is 2.00 bits per heavy atom. The van der Waals surface area contributed by atoms with Crippen molar-refractivity contribution in [1.82, 2.24) is 24.6 Å². The molecule has 27 heavy (non-hydrogen) atoms. The molecule has 1 saturated heterocycles. The van der Waals surface area contributed by atoms with Crippen LogP contribution in [0.15, 0.2) is 48.9 Å². The average Bonchev–Trinajstić information content (AvgIpc) is 3.36. The van der Waals surface area contributed by atoms with Gasteiger partial charge in [0.15, 0.2) is 0 Å². The number of hydrogen-bond donors (Lipinski definition) is 2. The number of aromatic nitrogens is 3. The van der Waals surface area contributed by atoms with Crippen molar-refractivity contribution in [3.05, 3.63) is 60.2 Å². The van der Waals surface area contributed by atoms with Gasteiger partial charge in [0.2, 0.25) is 5.78 Å². The average molecular weight is 364 g/mol. The summed E-state index contributed by atoms with van der Waals surface area (Å²) in [7, 11) is 0. The van der Waals surface area contributed by atoms with Crippen LogP contribution in [0.1, 0.15) is 28.9 Å². The van der Waals surface area contributed by atoms with Gasteiger partial charge in [-0.2, -0.15) is 0 Å². The van der Waals surface area contributed by atoms with E-state index in [0.717, 1.165) is 37.2 Å². The Hall–Kier alpha value is -3.42. The van der Waals surface area contributed by atoms with E-state index in [4.69, 9.17) is 0 Å². The predicted molar refractivity (Wildman–Crippen MR) is 100 cm³/mol. The van der Waals surface area contributed by atoms with E-state index in [1.165, 1.54) is 0 Å². The van der Waals surface area contributed by atoms with Gasteiger partial charge in [0, 0.05) is 43.9 Å². The molecule has 1 aliphatic heterocycles. The zero-order valence-electron chi connectivity index (χ0n) is 14.8. The minimum absolute atomic E-state index is 0.0779. The number of anilines is 1. The van der Waals surface area contributed by atoms with E-state index in [2.05, 4.69) is 20.6 Å². The van der Waals surface area contributed by atoms with E-state index in [1.807, 2.05) is 29.2 Å². The third-order valence-electron chi connectivity index (χ3n) is 4.49. The van der Waals surface area contributed by atoms with Gasteiger partial charge in [0.25, 0.3) is 5.91 Å². The fraction of sp³-hybridized carbons (Fsp3) is 0.263. The van der Waals surface area contributed by atoms with Gasteiger partial charge >= 0.3 is 6.03 Å². The van der Waals surface area contributed by atoms with Crippen molar-refractivity contribution in [3.8, 4) is 0 Å². The summed E-state index contributed by atoms with van der Waals surface area (Å²) in [5.74, 6) is 0.210. The first-order chi connectivity index (χ1) is 13.2. The van der Waals surface area contributed by atoms with Crippen molar-refractivity contribution >= 4 is 23.4 Å². The van der Waals surface area contributed by atoms with Crippen LogP contribution in [0.25, 0.3) is 5.78 Å². The van der Waals surface area contributed by atoms with Crippen molar-refractivity contribution in [2.24, 2.45) is 0 Å². The van der Waals surface area contributed by atoms with Gasteiger partial charge in [-0.15, -0.1) is 0 Å². The summed E-state index contributed by atoms with van der Waals surface area (Å²) in [5, 5.41) is 5.76. The maximum Gasteiger partial charge on any atom is 0.321 e. The van der Waals surface area contributed by atoms with Crippen molar-refractivity contribution < 1.29 is 9.59 Å². The van der Waals surface area contributed by atoms with Crippen molar-refractivity contribution in [1.29, 1.82) is 0 Å². The minimum Gasteiger partial charge on any atom is -0.347 e. The molecule has 1 fully saturated rings. The molecule has 8 nitrogen and oxygen atoms in total. The maximum absolute atomic E-state index is 12.3. The molecule has 3 heterocycles. The Balaban J connectivity index is 1.37. The molecular formula is C19H20N6O2. The SMILES string of the molecule is O=C(NCc1cccc(NC(=O)N2CCCC2)c1)c1cn2cccnc2n1. The molecule has 1 aromatic carbocycles. The Bertz CT molecular complexity index is 944. The van der Waals surface area contributed by atoms with Gasteiger partial charge in [-0.05, 0) is 36.6 Å². The number of imidazole rings is 1. The summed E-state index contributed by atoms with van der Waals surface area (Å²) in [4.78, 5) is 34.6. The van der Waals surface area contributed by atoms with E-state index in [-0.39, 0.29) is 11.9 Å². The third kappa shape index (κ3) is 3.89. The molecule has 4 rings (SSSR count). The largest absolute Gasteiger partial charge is 0.347 e. The monoisotopic (exact) mass is 364 g/mol. The number of urea groups is 1. The van der Waals surface area contributed by atoms with E-state index in [0.29, 0.717) is 18.0 Å². The number of benzene rings is 1. The highest BCUT2D eigenvalue weighted by Gasteiger charge is 2.17. The summed E-state index contributed by atoms with van der Waals surface area (Å²) < 4.78 is 1.70. The van der Waals surface area contributed by atoms with E-state index < -0.39 is 0 Å². The number of carbonyl (C=O) groups excluding carboxylic acids is 2. The Kier molecular flexibility index (Phi) is 4.69. The minimum atomic E-state index is -0.271. The lowest BCUT2D eigenvalue weighted by Gasteiger charge is -2.16. The number of amides is 3. The Morgan fingerprint density at radius 3 is 2.81 bits per heavy atom. The first-order valence-corrected chi connectivity index (χ1v) is 8.92.